The van der Waals surface area contributed by atoms with Gasteiger partial charge >= 0.3 is 0 Å². The molecule has 0 aliphatic heterocycles. The molecule has 0 aliphatic rings. The van der Waals surface area contributed by atoms with Gasteiger partial charge in [0.05, 0.1) is 5.39 Å². The Hall–Kier alpha value is -2.21. The predicted octanol–water partition coefficient (Wildman–Crippen LogP) is 0.605. The molecule has 2 rings (SSSR count). The van der Waals surface area contributed by atoms with E-state index >= 15 is 0 Å². The lowest BCUT2D eigenvalue weighted by molar-refractivity contribution is 0.0789. The Morgan fingerprint density at radius 1 is 1.35 bits per heavy atom. The van der Waals surface area contributed by atoms with E-state index in [0.29, 0.717) is 17.3 Å². The summed E-state index contributed by atoms with van der Waals surface area (Å²) < 4.78 is 0. The Balaban J connectivity index is 2.31. The lowest BCUT2D eigenvalue weighted by atomic mass is 10.1. The summed E-state index contributed by atoms with van der Waals surface area (Å²) in [6.07, 6.45) is 0.861. The van der Waals surface area contributed by atoms with Gasteiger partial charge in [0.2, 0.25) is 0 Å². The van der Waals surface area contributed by atoms with Crippen LogP contribution in [0.3, 0.4) is 0 Å². The molecule has 1 aromatic carbocycles. The van der Waals surface area contributed by atoms with Crippen LogP contribution in [0.15, 0.2) is 29.1 Å². The topological polar surface area (TPSA) is 78.1 Å². The molecular weight excluding hydrogens is 256 g/mol. The van der Waals surface area contributed by atoms with Crippen molar-refractivity contribution < 1.29 is 4.79 Å². The van der Waals surface area contributed by atoms with Crippen LogP contribution in [0.5, 0.6) is 0 Å². The monoisotopic (exact) mass is 274 g/mol. The van der Waals surface area contributed by atoms with Gasteiger partial charge in [0, 0.05) is 19.0 Å². The third-order valence-electron chi connectivity index (χ3n) is 3.17. The van der Waals surface area contributed by atoms with Crippen molar-refractivity contribution in [3.63, 3.8) is 0 Å². The molecular formula is C14H18N4O2. The van der Waals surface area contributed by atoms with Crippen LogP contribution >= 0.6 is 0 Å². The molecule has 0 atom stereocenters. The number of benzene rings is 1. The predicted molar refractivity (Wildman–Crippen MR) is 77.9 cm³/mol. The molecule has 2 aromatic rings. The number of rotatable bonds is 5. The number of aromatic nitrogens is 2. The van der Waals surface area contributed by atoms with E-state index in [9.17, 15) is 9.59 Å². The molecule has 1 aromatic heterocycles. The third-order valence-corrected chi connectivity index (χ3v) is 3.17. The van der Waals surface area contributed by atoms with Gasteiger partial charge in [0.1, 0.15) is 0 Å². The summed E-state index contributed by atoms with van der Waals surface area (Å²) in [5, 5.41) is 10.4. The minimum Gasteiger partial charge on any atom is -0.340 e. The standard InChI is InChI=1S/C14H18N4O2/c1-15-8-5-9-18(2)14(20)12-10-6-3-4-7-11(10)13(19)17-16-12/h3-4,6-7,15H,5,8-9H2,1-2H3,(H,17,19). The van der Waals surface area contributed by atoms with Crippen molar-refractivity contribution >= 4 is 16.7 Å². The van der Waals surface area contributed by atoms with Crippen molar-refractivity contribution in [2.24, 2.45) is 0 Å². The second-order valence-corrected chi connectivity index (χ2v) is 4.63. The van der Waals surface area contributed by atoms with E-state index in [1.807, 2.05) is 7.05 Å². The van der Waals surface area contributed by atoms with E-state index in [4.69, 9.17) is 0 Å². The molecule has 0 aliphatic carbocycles. The molecule has 0 spiro atoms. The number of carbonyl (C=O) groups excluding carboxylic acids is 1. The largest absolute Gasteiger partial charge is 0.340 e. The first-order valence-corrected chi connectivity index (χ1v) is 6.52. The van der Waals surface area contributed by atoms with Gasteiger partial charge < -0.3 is 10.2 Å². The maximum atomic E-state index is 12.4. The molecule has 1 amide bonds. The average Bonchev–Trinajstić information content (AvgIpc) is 2.47. The van der Waals surface area contributed by atoms with Crippen molar-refractivity contribution in [2.75, 3.05) is 27.2 Å². The molecule has 0 bridgehead atoms. The highest BCUT2D eigenvalue weighted by Gasteiger charge is 2.17. The minimum absolute atomic E-state index is 0.187. The van der Waals surface area contributed by atoms with Crippen molar-refractivity contribution in [3.05, 3.63) is 40.3 Å². The van der Waals surface area contributed by atoms with E-state index < -0.39 is 0 Å². The number of amides is 1. The molecule has 1 heterocycles. The number of nitrogens with zero attached hydrogens (tertiary/aromatic N) is 2. The molecule has 6 nitrogen and oxygen atoms in total. The van der Waals surface area contributed by atoms with Gasteiger partial charge in [-0.3, -0.25) is 9.59 Å². The van der Waals surface area contributed by atoms with Crippen LogP contribution in [0.25, 0.3) is 10.8 Å². The molecule has 0 radical (unpaired) electrons. The normalized spacial score (nSPS) is 10.7. The Morgan fingerprint density at radius 2 is 2.05 bits per heavy atom. The van der Waals surface area contributed by atoms with Crippen LogP contribution in [0.4, 0.5) is 0 Å². The zero-order valence-electron chi connectivity index (χ0n) is 11.6. The lowest BCUT2D eigenvalue weighted by Gasteiger charge is -2.17. The summed E-state index contributed by atoms with van der Waals surface area (Å²) in [5.41, 5.74) is 0.00198. The van der Waals surface area contributed by atoms with Crippen LogP contribution in [0, 0.1) is 0 Å². The van der Waals surface area contributed by atoms with Crippen molar-refractivity contribution in [1.29, 1.82) is 0 Å². The quantitative estimate of drug-likeness (QED) is 0.783. The lowest BCUT2D eigenvalue weighted by Crippen LogP contribution is -2.31. The van der Waals surface area contributed by atoms with Gasteiger partial charge in [0.15, 0.2) is 5.69 Å². The summed E-state index contributed by atoms with van der Waals surface area (Å²) in [5.74, 6) is -0.187. The number of H-pyrrole nitrogens is 1. The van der Waals surface area contributed by atoms with Gasteiger partial charge in [-0.05, 0) is 26.1 Å². The van der Waals surface area contributed by atoms with Gasteiger partial charge in [-0.25, -0.2) is 5.10 Å². The van der Waals surface area contributed by atoms with Crippen molar-refractivity contribution in [3.8, 4) is 0 Å². The molecule has 0 saturated carbocycles. The van der Waals surface area contributed by atoms with Crippen LogP contribution < -0.4 is 10.9 Å². The van der Waals surface area contributed by atoms with E-state index in [1.54, 1.807) is 36.2 Å². The molecule has 6 heteroatoms. The van der Waals surface area contributed by atoms with E-state index in [1.165, 1.54) is 0 Å². The summed E-state index contributed by atoms with van der Waals surface area (Å²) in [6.45, 7) is 1.48. The summed E-state index contributed by atoms with van der Waals surface area (Å²) in [6, 6.07) is 6.99. The first-order chi connectivity index (χ1) is 9.65. The first kappa shape index (κ1) is 14.2. The van der Waals surface area contributed by atoms with E-state index in [0.717, 1.165) is 13.0 Å². The number of fused-ring (bicyclic) bond motifs is 1. The number of aromatic amines is 1. The Morgan fingerprint density at radius 3 is 2.75 bits per heavy atom. The molecule has 2 N–H and O–H groups in total. The average molecular weight is 274 g/mol. The Kier molecular flexibility index (Phi) is 4.47. The highest BCUT2D eigenvalue weighted by atomic mass is 16.2. The van der Waals surface area contributed by atoms with Gasteiger partial charge in [-0.2, -0.15) is 5.10 Å². The van der Waals surface area contributed by atoms with E-state index in [-0.39, 0.29) is 17.2 Å². The minimum atomic E-state index is -0.282. The van der Waals surface area contributed by atoms with Crippen LogP contribution in [-0.2, 0) is 0 Å². The zero-order valence-corrected chi connectivity index (χ0v) is 11.6. The van der Waals surface area contributed by atoms with Gasteiger partial charge in [0.25, 0.3) is 11.5 Å². The van der Waals surface area contributed by atoms with Gasteiger partial charge in [-0.15, -0.1) is 0 Å². The van der Waals surface area contributed by atoms with Crippen LogP contribution in [0.2, 0.25) is 0 Å². The second kappa shape index (κ2) is 6.29. The highest BCUT2D eigenvalue weighted by molar-refractivity contribution is 6.04. The highest BCUT2D eigenvalue weighted by Crippen LogP contribution is 2.13. The second-order valence-electron chi connectivity index (χ2n) is 4.63. The fourth-order valence-corrected chi connectivity index (χ4v) is 2.05. The molecule has 0 unspecified atom stereocenters. The SMILES string of the molecule is CNCCCN(C)C(=O)c1n[nH]c(=O)c2ccccc12. The number of hydrogen-bond acceptors (Lipinski definition) is 4. The Labute approximate surface area is 116 Å². The number of carbonyl (C=O) groups is 1. The summed E-state index contributed by atoms with van der Waals surface area (Å²) >= 11 is 0. The van der Waals surface area contributed by atoms with Crippen LogP contribution in [-0.4, -0.2) is 48.2 Å². The fraction of sp³-hybridized carbons (Fsp3) is 0.357. The Bertz CT molecular complexity index is 666. The molecule has 0 fully saturated rings. The smallest absolute Gasteiger partial charge is 0.274 e. The molecule has 0 saturated heterocycles. The fourth-order valence-electron chi connectivity index (χ4n) is 2.05. The maximum absolute atomic E-state index is 12.4. The third kappa shape index (κ3) is 2.85. The van der Waals surface area contributed by atoms with Crippen molar-refractivity contribution in [1.82, 2.24) is 20.4 Å². The first-order valence-electron chi connectivity index (χ1n) is 6.52. The van der Waals surface area contributed by atoms with Crippen LogP contribution in [0.1, 0.15) is 16.9 Å². The zero-order chi connectivity index (χ0) is 14.5. The van der Waals surface area contributed by atoms with Gasteiger partial charge in [-0.1, -0.05) is 18.2 Å². The van der Waals surface area contributed by atoms with Crippen molar-refractivity contribution in [2.45, 2.75) is 6.42 Å². The number of nitrogens with one attached hydrogen (secondary N) is 2. The number of hydrogen-bond donors (Lipinski definition) is 2. The molecule has 20 heavy (non-hydrogen) atoms. The maximum Gasteiger partial charge on any atom is 0.274 e. The summed E-state index contributed by atoms with van der Waals surface area (Å²) in [4.78, 5) is 25.7. The van der Waals surface area contributed by atoms with E-state index in [2.05, 4.69) is 15.5 Å². The summed E-state index contributed by atoms with van der Waals surface area (Å²) in [7, 11) is 3.61. The molecule has 106 valence electrons.